The van der Waals surface area contributed by atoms with Crippen molar-refractivity contribution in [1.29, 1.82) is 0 Å². The highest BCUT2D eigenvalue weighted by atomic mass is 79.9. The molecule has 112 valence electrons. The lowest BCUT2D eigenvalue weighted by molar-refractivity contribution is -0.274. The van der Waals surface area contributed by atoms with Crippen molar-refractivity contribution < 1.29 is 17.9 Å². The smallest absolute Gasteiger partial charge is 0.406 e. The van der Waals surface area contributed by atoms with Crippen molar-refractivity contribution in [2.45, 2.75) is 13.3 Å². The molecule has 2 rings (SSSR count). The summed E-state index contributed by atoms with van der Waals surface area (Å²) in [5.41, 5.74) is 0.745. The zero-order valence-electron chi connectivity index (χ0n) is 11.1. The van der Waals surface area contributed by atoms with Gasteiger partial charge in [0.05, 0.1) is 0 Å². The molecule has 0 unspecified atom stereocenters. The zero-order chi connectivity index (χ0) is 14.8. The summed E-state index contributed by atoms with van der Waals surface area (Å²) in [6.45, 7) is 6.53. The molecule has 1 saturated heterocycles. The number of ether oxygens (including phenoxy) is 1. The molecule has 1 aromatic carbocycles. The van der Waals surface area contributed by atoms with Crippen LogP contribution in [-0.2, 0) is 0 Å². The molecule has 0 spiro atoms. The third kappa shape index (κ3) is 4.28. The van der Waals surface area contributed by atoms with E-state index < -0.39 is 6.36 Å². The number of anilines is 1. The zero-order valence-corrected chi connectivity index (χ0v) is 12.7. The molecule has 1 aliphatic heterocycles. The Labute approximate surface area is 124 Å². The summed E-state index contributed by atoms with van der Waals surface area (Å²) in [7, 11) is 0. The van der Waals surface area contributed by atoms with Gasteiger partial charge >= 0.3 is 6.36 Å². The van der Waals surface area contributed by atoms with Gasteiger partial charge in [0.1, 0.15) is 5.75 Å². The Morgan fingerprint density at radius 2 is 1.80 bits per heavy atom. The van der Waals surface area contributed by atoms with Gasteiger partial charge in [-0.05, 0) is 18.7 Å². The molecule has 20 heavy (non-hydrogen) atoms. The number of hydrogen-bond acceptors (Lipinski definition) is 3. The Hall–Kier alpha value is -0.950. The number of piperazine rings is 1. The van der Waals surface area contributed by atoms with E-state index in [4.69, 9.17) is 0 Å². The van der Waals surface area contributed by atoms with Crippen LogP contribution in [-0.4, -0.2) is 44.0 Å². The van der Waals surface area contributed by atoms with Crippen molar-refractivity contribution >= 4 is 21.6 Å². The van der Waals surface area contributed by atoms with Crippen LogP contribution >= 0.6 is 15.9 Å². The van der Waals surface area contributed by atoms with Crippen molar-refractivity contribution in [3.8, 4) is 5.75 Å². The molecule has 0 atom stereocenters. The van der Waals surface area contributed by atoms with Crippen molar-refractivity contribution in [2.24, 2.45) is 0 Å². The first-order valence-corrected chi connectivity index (χ1v) is 7.20. The molecule has 7 heteroatoms. The van der Waals surface area contributed by atoms with Crippen molar-refractivity contribution in [3.05, 3.63) is 22.7 Å². The normalized spacial score (nSPS) is 17.4. The van der Waals surface area contributed by atoms with Gasteiger partial charge in [-0.15, -0.1) is 13.2 Å². The average Bonchev–Trinajstić information content (AvgIpc) is 2.36. The summed E-state index contributed by atoms with van der Waals surface area (Å²) in [6.07, 6.45) is -4.67. The molecular formula is C13H16BrF3N2O. The summed E-state index contributed by atoms with van der Waals surface area (Å²) < 4.78 is 41.4. The number of hydrogen-bond donors (Lipinski definition) is 0. The molecule has 1 heterocycles. The minimum absolute atomic E-state index is 0.195. The van der Waals surface area contributed by atoms with Crippen LogP contribution in [0.25, 0.3) is 0 Å². The summed E-state index contributed by atoms with van der Waals surface area (Å²) in [6, 6.07) is 4.56. The molecule has 3 nitrogen and oxygen atoms in total. The molecule has 1 aromatic rings. The summed E-state index contributed by atoms with van der Waals surface area (Å²) in [5.74, 6) is -0.195. The van der Waals surface area contributed by atoms with Crippen molar-refractivity contribution in [3.63, 3.8) is 0 Å². The lowest BCUT2D eigenvalue weighted by Gasteiger charge is -2.35. The van der Waals surface area contributed by atoms with Gasteiger partial charge in [-0.3, -0.25) is 0 Å². The molecule has 0 aromatic heterocycles. The number of alkyl halides is 3. The number of rotatable bonds is 3. The first-order chi connectivity index (χ1) is 9.37. The second-order valence-corrected chi connectivity index (χ2v) is 5.53. The lowest BCUT2D eigenvalue weighted by atomic mass is 10.2. The molecule has 0 saturated carbocycles. The van der Waals surface area contributed by atoms with E-state index in [0.29, 0.717) is 4.47 Å². The maximum atomic E-state index is 12.3. The third-order valence-electron chi connectivity index (χ3n) is 3.27. The molecule has 1 aliphatic rings. The van der Waals surface area contributed by atoms with E-state index >= 15 is 0 Å². The van der Waals surface area contributed by atoms with Gasteiger partial charge in [0, 0.05) is 42.4 Å². The predicted octanol–water partition coefficient (Wildman–Crippen LogP) is 3.49. The second-order valence-electron chi connectivity index (χ2n) is 4.61. The Kier molecular flexibility index (Phi) is 4.80. The monoisotopic (exact) mass is 352 g/mol. The van der Waals surface area contributed by atoms with Crippen LogP contribution in [0.4, 0.5) is 18.9 Å². The summed E-state index contributed by atoms with van der Waals surface area (Å²) in [4.78, 5) is 4.38. The fourth-order valence-corrected chi connectivity index (χ4v) is 2.71. The van der Waals surface area contributed by atoms with Gasteiger partial charge in [0.15, 0.2) is 0 Å². The Morgan fingerprint density at radius 1 is 1.15 bits per heavy atom. The molecule has 0 radical (unpaired) electrons. The molecule has 0 bridgehead atoms. The van der Waals surface area contributed by atoms with Crippen molar-refractivity contribution in [1.82, 2.24) is 4.90 Å². The van der Waals surface area contributed by atoms with Gasteiger partial charge in [-0.1, -0.05) is 22.9 Å². The van der Waals surface area contributed by atoms with E-state index in [1.165, 1.54) is 12.1 Å². The maximum absolute atomic E-state index is 12.3. The standard InChI is InChI=1S/C13H16BrF3N2O/c1-2-18-3-5-19(6-4-18)11-7-10(14)8-12(9-11)20-13(15,16)17/h7-9H,2-6H2,1H3. The van der Waals surface area contributed by atoms with Crippen LogP contribution in [0.3, 0.4) is 0 Å². The van der Waals surface area contributed by atoms with Crippen LogP contribution in [0.2, 0.25) is 0 Å². The van der Waals surface area contributed by atoms with Crippen LogP contribution in [0, 0.1) is 0 Å². The average molecular weight is 353 g/mol. The molecule has 1 fully saturated rings. The largest absolute Gasteiger partial charge is 0.573 e. The first kappa shape index (κ1) is 15.4. The molecule has 0 aliphatic carbocycles. The van der Waals surface area contributed by atoms with Crippen LogP contribution in [0.1, 0.15) is 6.92 Å². The van der Waals surface area contributed by atoms with Gasteiger partial charge < -0.3 is 14.5 Å². The minimum Gasteiger partial charge on any atom is -0.406 e. The number of benzene rings is 1. The second kappa shape index (κ2) is 6.22. The van der Waals surface area contributed by atoms with Crippen LogP contribution in [0.15, 0.2) is 22.7 Å². The fraction of sp³-hybridized carbons (Fsp3) is 0.538. The highest BCUT2D eigenvalue weighted by Gasteiger charge is 2.31. The van der Waals surface area contributed by atoms with E-state index in [0.717, 1.165) is 38.4 Å². The molecule has 0 amide bonds. The van der Waals surface area contributed by atoms with E-state index in [1.54, 1.807) is 0 Å². The number of halogens is 4. The van der Waals surface area contributed by atoms with Gasteiger partial charge in [0.2, 0.25) is 0 Å². The maximum Gasteiger partial charge on any atom is 0.573 e. The quantitative estimate of drug-likeness (QED) is 0.828. The third-order valence-corrected chi connectivity index (χ3v) is 3.73. The Balaban J connectivity index is 2.12. The number of nitrogens with zero attached hydrogens (tertiary/aromatic N) is 2. The van der Waals surface area contributed by atoms with Gasteiger partial charge in [0.25, 0.3) is 0 Å². The van der Waals surface area contributed by atoms with Gasteiger partial charge in [-0.25, -0.2) is 0 Å². The lowest BCUT2D eigenvalue weighted by Crippen LogP contribution is -2.46. The summed E-state index contributed by atoms with van der Waals surface area (Å²) in [5, 5.41) is 0. The van der Waals surface area contributed by atoms with Crippen molar-refractivity contribution in [2.75, 3.05) is 37.6 Å². The topological polar surface area (TPSA) is 15.7 Å². The Bertz CT molecular complexity index is 459. The number of likely N-dealkylation sites (N-methyl/N-ethyl adjacent to an activating group) is 1. The van der Waals surface area contributed by atoms with E-state index in [-0.39, 0.29) is 5.75 Å². The predicted molar refractivity (Wildman–Crippen MR) is 75.2 cm³/mol. The van der Waals surface area contributed by atoms with Crippen LogP contribution in [0.5, 0.6) is 5.75 Å². The highest BCUT2D eigenvalue weighted by Crippen LogP contribution is 2.31. The molecular weight excluding hydrogens is 337 g/mol. The van der Waals surface area contributed by atoms with E-state index in [2.05, 4.69) is 37.4 Å². The van der Waals surface area contributed by atoms with Gasteiger partial charge in [-0.2, -0.15) is 0 Å². The SMILES string of the molecule is CCN1CCN(c2cc(Br)cc(OC(F)(F)F)c2)CC1. The van der Waals surface area contributed by atoms with E-state index in [9.17, 15) is 13.2 Å². The summed E-state index contributed by atoms with van der Waals surface area (Å²) >= 11 is 3.23. The fourth-order valence-electron chi connectivity index (χ4n) is 2.25. The highest BCUT2D eigenvalue weighted by molar-refractivity contribution is 9.10. The molecule has 0 N–H and O–H groups in total. The van der Waals surface area contributed by atoms with Crippen LogP contribution < -0.4 is 9.64 Å². The Morgan fingerprint density at radius 3 is 2.35 bits per heavy atom. The minimum atomic E-state index is -4.67. The van der Waals surface area contributed by atoms with E-state index in [1.807, 2.05) is 6.07 Å². The first-order valence-electron chi connectivity index (χ1n) is 6.41.